The van der Waals surface area contributed by atoms with Gasteiger partial charge in [0.2, 0.25) is 5.91 Å². The van der Waals surface area contributed by atoms with Crippen molar-refractivity contribution in [1.29, 1.82) is 0 Å². The topological polar surface area (TPSA) is 87.3 Å². The first-order valence-electron chi connectivity index (χ1n) is 10.1. The van der Waals surface area contributed by atoms with Gasteiger partial charge in [0.05, 0.1) is 32.7 Å². The number of thiophene rings is 1. The summed E-state index contributed by atoms with van der Waals surface area (Å²) in [6, 6.07) is 17.1. The summed E-state index contributed by atoms with van der Waals surface area (Å²) >= 11 is 5.09. The van der Waals surface area contributed by atoms with E-state index in [0.29, 0.717) is 18.8 Å². The number of hydrogen-bond donors (Lipinski definition) is 2. The van der Waals surface area contributed by atoms with Crippen molar-refractivity contribution in [3.63, 3.8) is 0 Å². The Morgan fingerprint density at radius 1 is 1.19 bits per heavy atom. The quantitative estimate of drug-likeness (QED) is 0.410. The van der Waals surface area contributed by atoms with Crippen LogP contribution in [0.25, 0.3) is 21.7 Å². The normalized spacial score (nSPS) is 14.2. The summed E-state index contributed by atoms with van der Waals surface area (Å²) in [5.41, 5.74) is 4.13. The second-order valence-corrected chi connectivity index (χ2v) is 9.87. The second-order valence-electron chi connectivity index (χ2n) is 7.41. The number of carbonyl (C=O) groups excluding carboxylic acids is 2. The Labute approximate surface area is 196 Å². The largest absolute Gasteiger partial charge is 0.370 e. The first-order chi connectivity index (χ1) is 15.5. The fraction of sp³-hybridized carbons (Fsp3) is 0.174. The zero-order valence-corrected chi connectivity index (χ0v) is 19.3. The van der Waals surface area contributed by atoms with Crippen LogP contribution in [-0.2, 0) is 20.7 Å². The van der Waals surface area contributed by atoms with E-state index in [2.05, 4.69) is 31.2 Å². The number of benzene rings is 2. The molecule has 1 saturated heterocycles. The van der Waals surface area contributed by atoms with Crippen molar-refractivity contribution < 1.29 is 14.3 Å². The Bertz CT molecular complexity index is 1300. The molecule has 0 spiro atoms. The zero-order chi connectivity index (χ0) is 22.1. The van der Waals surface area contributed by atoms with Gasteiger partial charge in [-0.05, 0) is 70.0 Å². The van der Waals surface area contributed by atoms with E-state index in [1.54, 1.807) is 28.4 Å². The van der Waals surface area contributed by atoms with Gasteiger partial charge in [0.15, 0.2) is 0 Å². The molecular formula is C23H19BrN4O3S. The molecule has 2 N–H and O–H groups in total. The van der Waals surface area contributed by atoms with Gasteiger partial charge in [0, 0.05) is 17.9 Å². The first-order valence-corrected chi connectivity index (χ1v) is 11.7. The summed E-state index contributed by atoms with van der Waals surface area (Å²) in [5, 5.41) is 2.91. The molecule has 3 heterocycles. The van der Waals surface area contributed by atoms with Crippen LogP contribution in [0.3, 0.4) is 0 Å². The van der Waals surface area contributed by atoms with Crippen LogP contribution in [0.1, 0.15) is 5.56 Å². The number of aromatic nitrogens is 2. The molecule has 0 aliphatic carbocycles. The SMILES string of the molecule is O=C(Cc1ccc2[nH]c(-c3ccc(Br)s3)nc2c1)Nc1ccc(N2CCOCC2=O)cc1. The summed E-state index contributed by atoms with van der Waals surface area (Å²) in [6.07, 6.45) is 0.242. The number of carbonyl (C=O) groups is 2. The van der Waals surface area contributed by atoms with Crippen molar-refractivity contribution in [2.45, 2.75) is 6.42 Å². The number of hydrogen-bond acceptors (Lipinski definition) is 5. The van der Waals surface area contributed by atoms with Crippen LogP contribution in [0.4, 0.5) is 11.4 Å². The van der Waals surface area contributed by atoms with E-state index in [0.717, 1.165) is 36.8 Å². The van der Waals surface area contributed by atoms with Crippen molar-refractivity contribution in [2.24, 2.45) is 0 Å². The highest BCUT2D eigenvalue weighted by Crippen LogP contribution is 2.31. The van der Waals surface area contributed by atoms with E-state index in [4.69, 9.17) is 4.74 Å². The number of morpholine rings is 1. The molecule has 162 valence electrons. The third kappa shape index (κ3) is 4.45. The molecule has 2 amide bonds. The smallest absolute Gasteiger partial charge is 0.253 e. The number of nitrogens with zero attached hydrogens (tertiary/aromatic N) is 2. The second kappa shape index (κ2) is 8.85. The molecule has 1 aliphatic rings. The Balaban J connectivity index is 1.25. The Morgan fingerprint density at radius 2 is 2.03 bits per heavy atom. The number of aromatic amines is 1. The Hall–Kier alpha value is -3.01. The molecule has 0 bridgehead atoms. The predicted octanol–water partition coefficient (Wildman–Crippen LogP) is 4.60. The maximum Gasteiger partial charge on any atom is 0.253 e. The summed E-state index contributed by atoms with van der Waals surface area (Å²) in [4.78, 5) is 35.3. The monoisotopic (exact) mass is 510 g/mol. The van der Waals surface area contributed by atoms with Gasteiger partial charge in [-0.15, -0.1) is 11.3 Å². The number of nitrogens with one attached hydrogen (secondary N) is 2. The lowest BCUT2D eigenvalue weighted by atomic mass is 10.1. The van der Waals surface area contributed by atoms with Crippen LogP contribution in [0.5, 0.6) is 0 Å². The van der Waals surface area contributed by atoms with Gasteiger partial charge >= 0.3 is 0 Å². The van der Waals surface area contributed by atoms with Gasteiger partial charge in [-0.2, -0.15) is 0 Å². The standard InChI is InChI=1S/C23H19BrN4O3S/c24-20-8-7-19(32-20)23-26-17-6-1-14(11-18(17)27-23)12-21(29)25-15-2-4-16(5-3-15)28-9-10-31-13-22(28)30/h1-8,11H,9-10,12-13H2,(H,25,29)(H,26,27). The van der Waals surface area contributed by atoms with E-state index in [1.807, 2.05) is 42.5 Å². The van der Waals surface area contributed by atoms with Gasteiger partial charge < -0.3 is 19.9 Å². The van der Waals surface area contributed by atoms with Crippen LogP contribution in [-0.4, -0.2) is 41.5 Å². The molecule has 0 saturated carbocycles. The number of H-pyrrole nitrogens is 1. The number of rotatable bonds is 5. The molecule has 0 unspecified atom stereocenters. The third-order valence-corrected chi connectivity index (χ3v) is 6.80. The molecule has 1 aliphatic heterocycles. The van der Waals surface area contributed by atoms with E-state index in [9.17, 15) is 9.59 Å². The van der Waals surface area contributed by atoms with Crippen molar-refractivity contribution in [1.82, 2.24) is 9.97 Å². The average Bonchev–Trinajstić information content (AvgIpc) is 3.40. The van der Waals surface area contributed by atoms with Gasteiger partial charge in [0.25, 0.3) is 5.91 Å². The maximum absolute atomic E-state index is 12.6. The van der Waals surface area contributed by atoms with E-state index >= 15 is 0 Å². The molecule has 0 radical (unpaired) electrons. The van der Waals surface area contributed by atoms with Crippen LogP contribution in [0.2, 0.25) is 0 Å². The van der Waals surface area contributed by atoms with Gasteiger partial charge in [-0.3, -0.25) is 9.59 Å². The molecule has 4 aromatic rings. The molecule has 5 rings (SSSR count). The number of fused-ring (bicyclic) bond motifs is 1. The van der Waals surface area contributed by atoms with Gasteiger partial charge in [-0.25, -0.2) is 4.98 Å². The molecule has 1 fully saturated rings. The van der Waals surface area contributed by atoms with E-state index < -0.39 is 0 Å². The van der Waals surface area contributed by atoms with E-state index in [1.165, 1.54) is 0 Å². The Morgan fingerprint density at radius 3 is 2.78 bits per heavy atom. The summed E-state index contributed by atoms with van der Waals surface area (Å²) in [6.45, 7) is 1.16. The highest BCUT2D eigenvalue weighted by molar-refractivity contribution is 9.11. The van der Waals surface area contributed by atoms with Crippen molar-refractivity contribution >= 4 is 61.5 Å². The third-order valence-electron chi connectivity index (χ3n) is 5.17. The minimum atomic E-state index is -0.113. The van der Waals surface area contributed by atoms with E-state index in [-0.39, 0.29) is 24.8 Å². The van der Waals surface area contributed by atoms with Crippen LogP contribution >= 0.6 is 27.3 Å². The minimum Gasteiger partial charge on any atom is -0.370 e. The fourth-order valence-electron chi connectivity index (χ4n) is 3.63. The number of anilines is 2. The summed E-state index contributed by atoms with van der Waals surface area (Å²) in [5.74, 6) is 0.644. The zero-order valence-electron chi connectivity index (χ0n) is 16.9. The number of ether oxygens (including phenoxy) is 1. The predicted molar refractivity (Wildman–Crippen MR) is 129 cm³/mol. The molecule has 32 heavy (non-hydrogen) atoms. The van der Waals surface area contributed by atoms with Gasteiger partial charge in [-0.1, -0.05) is 6.07 Å². The highest BCUT2D eigenvalue weighted by Gasteiger charge is 2.20. The lowest BCUT2D eigenvalue weighted by Crippen LogP contribution is -2.41. The summed E-state index contributed by atoms with van der Waals surface area (Å²) in [7, 11) is 0. The lowest BCUT2D eigenvalue weighted by molar-refractivity contribution is -0.125. The van der Waals surface area contributed by atoms with Crippen molar-refractivity contribution in [2.75, 3.05) is 30.0 Å². The van der Waals surface area contributed by atoms with Crippen molar-refractivity contribution in [3.05, 3.63) is 63.9 Å². The first kappa shape index (κ1) is 20.9. The number of halogens is 1. The lowest BCUT2D eigenvalue weighted by Gasteiger charge is -2.26. The molecule has 0 atom stereocenters. The fourth-order valence-corrected chi connectivity index (χ4v) is 4.96. The van der Waals surface area contributed by atoms with Crippen LogP contribution in [0.15, 0.2) is 58.4 Å². The summed E-state index contributed by atoms with van der Waals surface area (Å²) < 4.78 is 6.21. The highest BCUT2D eigenvalue weighted by atomic mass is 79.9. The minimum absolute atomic E-state index is 0.0586. The molecule has 9 heteroatoms. The van der Waals surface area contributed by atoms with Crippen molar-refractivity contribution in [3.8, 4) is 10.7 Å². The number of imidazole rings is 1. The average molecular weight is 511 g/mol. The maximum atomic E-state index is 12.6. The number of amides is 2. The van der Waals surface area contributed by atoms with Crippen LogP contribution < -0.4 is 10.2 Å². The Kier molecular flexibility index (Phi) is 5.77. The molecular weight excluding hydrogens is 492 g/mol. The van der Waals surface area contributed by atoms with Crippen LogP contribution in [0, 0.1) is 0 Å². The molecule has 2 aromatic carbocycles. The van der Waals surface area contributed by atoms with Gasteiger partial charge in [0.1, 0.15) is 12.4 Å². The molecule has 2 aromatic heterocycles. The molecule has 7 nitrogen and oxygen atoms in total.